The third-order valence-electron chi connectivity index (χ3n) is 2.55. The summed E-state index contributed by atoms with van der Waals surface area (Å²) in [5.74, 6) is 0.487. The zero-order valence-electron chi connectivity index (χ0n) is 11.3. The van der Waals surface area contributed by atoms with Gasteiger partial charge in [0.05, 0.1) is 16.1 Å². The van der Waals surface area contributed by atoms with Gasteiger partial charge >= 0.3 is 0 Å². The van der Waals surface area contributed by atoms with Crippen molar-refractivity contribution in [2.75, 3.05) is 18.4 Å². The van der Waals surface area contributed by atoms with E-state index in [2.05, 4.69) is 15.6 Å². The number of halogens is 3. The Morgan fingerprint density at radius 1 is 1.40 bits per heavy atom. The van der Waals surface area contributed by atoms with Crippen LogP contribution in [-0.4, -0.2) is 30.0 Å². The molecule has 0 unspecified atom stereocenters. The number of anilines is 1. The molecule has 0 saturated heterocycles. The topological polar surface area (TPSA) is 80.0 Å². The third kappa shape index (κ3) is 6.13. The van der Waals surface area contributed by atoms with Gasteiger partial charge in [-0.3, -0.25) is 4.79 Å². The summed E-state index contributed by atoms with van der Waals surface area (Å²) in [6.07, 6.45) is 1.50. The first-order valence-electron chi connectivity index (χ1n) is 6.00. The maximum Gasteiger partial charge on any atom is 0.237 e. The molecule has 5 nitrogen and oxygen atoms in total. The van der Waals surface area contributed by atoms with E-state index in [1.807, 2.05) is 13.8 Å². The van der Waals surface area contributed by atoms with Crippen LogP contribution in [0.5, 0.6) is 0 Å². The van der Waals surface area contributed by atoms with E-state index in [4.69, 9.17) is 28.9 Å². The number of aromatic nitrogens is 1. The molecule has 0 saturated carbocycles. The first kappa shape index (κ1) is 19.2. The molecule has 0 aromatic carbocycles. The SMILES string of the molecule is CC(C)[C@H](N)C(=O)NCCNc1ncc(Cl)cc1Cl.Cl. The Morgan fingerprint density at radius 2 is 2.05 bits per heavy atom. The van der Waals surface area contributed by atoms with Crippen molar-refractivity contribution < 1.29 is 4.79 Å². The molecule has 0 aliphatic rings. The van der Waals surface area contributed by atoms with Crippen LogP contribution >= 0.6 is 35.6 Å². The lowest BCUT2D eigenvalue weighted by molar-refractivity contribution is -0.123. The van der Waals surface area contributed by atoms with Crippen molar-refractivity contribution in [3.05, 3.63) is 22.3 Å². The van der Waals surface area contributed by atoms with Crippen LogP contribution in [0, 0.1) is 5.92 Å². The number of pyridine rings is 1. The number of hydrogen-bond donors (Lipinski definition) is 3. The molecule has 0 aliphatic heterocycles. The fraction of sp³-hybridized carbons (Fsp3) is 0.500. The molecule has 1 amide bonds. The van der Waals surface area contributed by atoms with Gasteiger partial charge in [-0.15, -0.1) is 12.4 Å². The third-order valence-corrected chi connectivity index (χ3v) is 3.04. The average molecular weight is 342 g/mol. The number of carbonyl (C=O) groups excluding carboxylic acids is 1. The van der Waals surface area contributed by atoms with Gasteiger partial charge in [0.2, 0.25) is 5.91 Å². The van der Waals surface area contributed by atoms with Crippen LogP contribution in [0.4, 0.5) is 5.82 Å². The lowest BCUT2D eigenvalue weighted by Gasteiger charge is -2.15. The first-order chi connectivity index (χ1) is 8.91. The standard InChI is InChI=1S/C12H18Cl2N4O.ClH/c1-7(2)10(15)12(19)17-4-3-16-11-9(14)5-8(13)6-18-11;/h5-7,10H,3-4,15H2,1-2H3,(H,16,18)(H,17,19);1H/t10-;/m0./s1. The van der Waals surface area contributed by atoms with E-state index in [0.717, 1.165) is 0 Å². The number of nitrogens with one attached hydrogen (secondary N) is 2. The van der Waals surface area contributed by atoms with Gasteiger partial charge in [-0.25, -0.2) is 4.98 Å². The fourth-order valence-electron chi connectivity index (χ4n) is 1.33. The number of carbonyl (C=O) groups is 1. The van der Waals surface area contributed by atoms with Crippen LogP contribution in [0.3, 0.4) is 0 Å². The fourth-order valence-corrected chi connectivity index (χ4v) is 1.78. The second-order valence-corrected chi connectivity index (χ2v) is 5.32. The second-order valence-electron chi connectivity index (χ2n) is 4.47. The molecule has 4 N–H and O–H groups in total. The smallest absolute Gasteiger partial charge is 0.237 e. The molecule has 0 spiro atoms. The molecule has 1 atom stereocenters. The highest BCUT2D eigenvalue weighted by Gasteiger charge is 2.16. The quantitative estimate of drug-likeness (QED) is 0.694. The molecule has 1 heterocycles. The number of rotatable bonds is 6. The first-order valence-corrected chi connectivity index (χ1v) is 6.75. The van der Waals surface area contributed by atoms with E-state index >= 15 is 0 Å². The highest BCUT2D eigenvalue weighted by Crippen LogP contribution is 2.21. The number of hydrogen-bond acceptors (Lipinski definition) is 4. The van der Waals surface area contributed by atoms with E-state index in [9.17, 15) is 4.79 Å². The highest BCUT2D eigenvalue weighted by atomic mass is 35.5. The minimum Gasteiger partial charge on any atom is -0.367 e. The molecule has 1 aromatic rings. The second kappa shape index (κ2) is 9.23. The van der Waals surface area contributed by atoms with Gasteiger partial charge in [0.1, 0.15) is 5.82 Å². The Hall–Kier alpha value is -0.750. The molecule has 0 bridgehead atoms. The Bertz CT molecular complexity index is 443. The maximum atomic E-state index is 11.6. The average Bonchev–Trinajstić information content (AvgIpc) is 2.35. The molecule has 8 heteroatoms. The Balaban J connectivity index is 0.00000361. The highest BCUT2D eigenvalue weighted by molar-refractivity contribution is 6.35. The summed E-state index contributed by atoms with van der Waals surface area (Å²) in [5.41, 5.74) is 5.71. The van der Waals surface area contributed by atoms with Crippen molar-refractivity contribution >= 4 is 47.3 Å². The number of amides is 1. The normalized spacial score (nSPS) is 11.7. The van der Waals surface area contributed by atoms with E-state index in [1.165, 1.54) is 6.20 Å². The molecular weight excluding hydrogens is 323 g/mol. The lowest BCUT2D eigenvalue weighted by atomic mass is 10.1. The Kier molecular flexibility index (Phi) is 8.89. The summed E-state index contributed by atoms with van der Waals surface area (Å²) in [4.78, 5) is 15.6. The van der Waals surface area contributed by atoms with Crippen molar-refractivity contribution in [3.63, 3.8) is 0 Å². The van der Waals surface area contributed by atoms with Crippen molar-refractivity contribution in [1.82, 2.24) is 10.3 Å². The number of nitrogens with two attached hydrogens (primary N) is 1. The summed E-state index contributed by atoms with van der Waals surface area (Å²) in [6.45, 7) is 4.75. The molecule has 0 radical (unpaired) electrons. The predicted molar refractivity (Wildman–Crippen MR) is 85.8 cm³/mol. The molecule has 1 aromatic heterocycles. The summed E-state index contributed by atoms with van der Waals surface area (Å²) < 4.78 is 0. The van der Waals surface area contributed by atoms with Crippen molar-refractivity contribution in [1.29, 1.82) is 0 Å². The largest absolute Gasteiger partial charge is 0.367 e. The van der Waals surface area contributed by atoms with Gasteiger partial charge in [0.25, 0.3) is 0 Å². The predicted octanol–water partition coefficient (Wildman–Crippen LogP) is 2.32. The van der Waals surface area contributed by atoms with Crippen LogP contribution in [0.1, 0.15) is 13.8 Å². The molecular formula is C12H19Cl3N4O. The number of nitrogens with zero attached hydrogens (tertiary/aromatic N) is 1. The zero-order valence-corrected chi connectivity index (χ0v) is 13.6. The van der Waals surface area contributed by atoms with E-state index in [0.29, 0.717) is 29.0 Å². The van der Waals surface area contributed by atoms with Gasteiger partial charge in [0.15, 0.2) is 0 Å². The van der Waals surface area contributed by atoms with Crippen molar-refractivity contribution in [3.8, 4) is 0 Å². The lowest BCUT2D eigenvalue weighted by Crippen LogP contribution is -2.45. The van der Waals surface area contributed by atoms with Gasteiger partial charge in [-0.2, -0.15) is 0 Å². The van der Waals surface area contributed by atoms with Gasteiger partial charge in [0, 0.05) is 19.3 Å². The van der Waals surface area contributed by atoms with Gasteiger partial charge in [-0.05, 0) is 12.0 Å². The van der Waals surface area contributed by atoms with Crippen LogP contribution < -0.4 is 16.4 Å². The summed E-state index contributed by atoms with van der Waals surface area (Å²) in [5, 5.41) is 6.67. The van der Waals surface area contributed by atoms with Crippen LogP contribution in [-0.2, 0) is 4.79 Å². The van der Waals surface area contributed by atoms with Crippen LogP contribution in [0.2, 0.25) is 10.0 Å². The van der Waals surface area contributed by atoms with Gasteiger partial charge < -0.3 is 16.4 Å². The monoisotopic (exact) mass is 340 g/mol. The molecule has 20 heavy (non-hydrogen) atoms. The van der Waals surface area contributed by atoms with Gasteiger partial charge in [-0.1, -0.05) is 37.0 Å². The van der Waals surface area contributed by atoms with Crippen molar-refractivity contribution in [2.24, 2.45) is 11.7 Å². The molecule has 114 valence electrons. The molecule has 0 fully saturated rings. The van der Waals surface area contributed by atoms with E-state index in [-0.39, 0.29) is 24.2 Å². The molecule has 0 aliphatic carbocycles. The van der Waals surface area contributed by atoms with Crippen molar-refractivity contribution in [2.45, 2.75) is 19.9 Å². The Labute approximate surface area is 135 Å². The van der Waals surface area contributed by atoms with Crippen LogP contribution in [0.25, 0.3) is 0 Å². The minimum absolute atomic E-state index is 0. The molecule has 1 rings (SSSR count). The van der Waals surface area contributed by atoms with E-state index in [1.54, 1.807) is 6.07 Å². The zero-order chi connectivity index (χ0) is 14.4. The van der Waals surface area contributed by atoms with E-state index < -0.39 is 6.04 Å². The maximum absolute atomic E-state index is 11.6. The minimum atomic E-state index is -0.489. The Morgan fingerprint density at radius 3 is 2.60 bits per heavy atom. The summed E-state index contributed by atoms with van der Waals surface area (Å²) in [7, 11) is 0. The summed E-state index contributed by atoms with van der Waals surface area (Å²) in [6, 6.07) is 1.11. The van der Waals surface area contributed by atoms with Crippen LogP contribution in [0.15, 0.2) is 12.3 Å². The summed E-state index contributed by atoms with van der Waals surface area (Å²) >= 11 is 11.7.